The van der Waals surface area contributed by atoms with E-state index in [1.807, 2.05) is 31.2 Å². The van der Waals surface area contributed by atoms with Crippen molar-refractivity contribution in [1.82, 2.24) is 5.32 Å². The summed E-state index contributed by atoms with van der Waals surface area (Å²) in [5, 5.41) is 3.10. The van der Waals surface area contributed by atoms with Gasteiger partial charge in [0, 0.05) is 24.1 Å². The maximum Gasteiger partial charge on any atom is 0.349 e. The van der Waals surface area contributed by atoms with Crippen LogP contribution in [0.1, 0.15) is 29.8 Å². The second kappa shape index (κ2) is 9.56. The van der Waals surface area contributed by atoms with Crippen molar-refractivity contribution in [2.75, 3.05) is 13.2 Å². The molecule has 7 nitrogen and oxygen atoms in total. The normalized spacial score (nSPS) is 10.9. The van der Waals surface area contributed by atoms with Crippen LogP contribution in [0.5, 0.6) is 11.5 Å². The predicted molar refractivity (Wildman–Crippen MR) is 113 cm³/mol. The molecule has 0 aliphatic rings. The van der Waals surface area contributed by atoms with Crippen molar-refractivity contribution in [1.29, 1.82) is 0 Å². The van der Waals surface area contributed by atoms with Crippen molar-refractivity contribution in [3.63, 3.8) is 0 Å². The van der Waals surface area contributed by atoms with Crippen molar-refractivity contribution in [2.45, 2.75) is 13.8 Å². The van der Waals surface area contributed by atoms with Gasteiger partial charge in [0.05, 0.1) is 6.61 Å². The lowest BCUT2D eigenvalue weighted by atomic mass is 10.1. The van der Waals surface area contributed by atoms with Gasteiger partial charge in [-0.2, -0.15) is 0 Å². The van der Waals surface area contributed by atoms with Crippen molar-refractivity contribution in [3.05, 3.63) is 76.2 Å². The van der Waals surface area contributed by atoms with Crippen LogP contribution in [0.2, 0.25) is 0 Å². The number of rotatable bonds is 7. The molecule has 0 atom stereocenters. The van der Waals surface area contributed by atoms with Gasteiger partial charge in [-0.1, -0.05) is 12.1 Å². The monoisotopic (exact) mass is 407 g/mol. The van der Waals surface area contributed by atoms with E-state index < -0.39 is 17.5 Å². The van der Waals surface area contributed by atoms with Gasteiger partial charge in [0.15, 0.2) is 0 Å². The molecule has 7 heteroatoms. The van der Waals surface area contributed by atoms with Gasteiger partial charge < -0.3 is 19.2 Å². The Morgan fingerprint density at radius 2 is 1.77 bits per heavy atom. The zero-order valence-electron chi connectivity index (χ0n) is 16.6. The molecule has 0 fully saturated rings. The highest BCUT2D eigenvalue weighted by Gasteiger charge is 2.13. The van der Waals surface area contributed by atoms with Crippen molar-refractivity contribution >= 4 is 28.9 Å². The molecule has 154 valence electrons. The quantitative estimate of drug-likeness (QED) is 0.279. The topological polar surface area (TPSA) is 94.8 Å². The smallest absolute Gasteiger partial charge is 0.349 e. The Labute approximate surface area is 172 Å². The summed E-state index contributed by atoms with van der Waals surface area (Å²) in [4.78, 5) is 36.1. The summed E-state index contributed by atoms with van der Waals surface area (Å²) in [6.45, 7) is 4.64. The van der Waals surface area contributed by atoms with Crippen LogP contribution in [-0.4, -0.2) is 25.0 Å². The van der Waals surface area contributed by atoms with Crippen LogP contribution < -0.4 is 20.4 Å². The Balaban J connectivity index is 1.72. The molecule has 3 aromatic rings. The SMILES string of the molecule is CCNC(=O)c1cc2ccc(OC(=O)/C=C/c3ccc(OCC)cc3)cc2oc1=O. The maximum atomic E-state index is 12.1. The first-order chi connectivity index (χ1) is 14.5. The summed E-state index contributed by atoms with van der Waals surface area (Å²) in [6.07, 6.45) is 2.92. The van der Waals surface area contributed by atoms with Gasteiger partial charge in [0.1, 0.15) is 22.6 Å². The number of fused-ring (bicyclic) bond motifs is 1. The highest BCUT2D eigenvalue weighted by molar-refractivity contribution is 5.97. The molecule has 0 radical (unpaired) electrons. The van der Waals surface area contributed by atoms with E-state index in [1.165, 1.54) is 18.2 Å². The van der Waals surface area contributed by atoms with Gasteiger partial charge in [0.2, 0.25) is 0 Å². The molecule has 0 saturated carbocycles. The first kappa shape index (κ1) is 20.9. The zero-order chi connectivity index (χ0) is 21.5. The maximum absolute atomic E-state index is 12.1. The molecule has 0 aliphatic heterocycles. The molecule has 3 rings (SSSR count). The summed E-state index contributed by atoms with van der Waals surface area (Å²) >= 11 is 0. The Morgan fingerprint density at radius 1 is 1.03 bits per heavy atom. The van der Waals surface area contributed by atoms with Gasteiger partial charge in [-0.15, -0.1) is 0 Å². The number of carbonyl (C=O) groups excluding carboxylic acids is 2. The molecule has 0 spiro atoms. The molecule has 0 unspecified atom stereocenters. The molecular weight excluding hydrogens is 386 g/mol. The molecule has 0 saturated heterocycles. The van der Waals surface area contributed by atoms with E-state index >= 15 is 0 Å². The highest BCUT2D eigenvalue weighted by atomic mass is 16.5. The van der Waals surface area contributed by atoms with E-state index in [1.54, 1.807) is 25.1 Å². The van der Waals surface area contributed by atoms with Crippen LogP contribution in [0.3, 0.4) is 0 Å². The molecule has 1 aromatic heterocycles. The lowest BCUT2D eigenvalue weighted by molar-refractivity contribution is -0.128. The third-order valence-corrected chi connectivity index (χ3v) is 4.11. The van der Waals surface area contributed by atoms with Crippen molar-refractivity contribution in [3.8, 4) is 11.5 Å². The highest BCUT2D eigenvalue weighted by Crippen LogP contribution is 2.21. The summed E-state index contributed by atoms with van der Waals surface area (Å²) in [6, 6.07) is 13.3. The van der Waals surface area contributed by atoms with Crippen LogP contribution in [0, 0.1) is 0 Å². The van der Waals surface area contributed by atoms with Gasteiger partial charge >= 0.3 is 11.6 Å². The number of hydrogen-bond donors (Lipinski definition) is 1. The number of nitrogens with one attached hydrogen (secondary N) is 1. The summed E-state index contributed by atoms with van der Waals surface area (Å²) < 4.78 is 15.8. The summed E-state index contributed by atoms with van der Waals surface area (Å²) in [7, 11) is 0. The minimum atomic E-state index is -0.757. The molecule has 0 bridgehead atoms. The van der Waals surface area contributed by atoms with Gasteiger partial charge in [-0.05, 0) is 55.8 Å². The predicted octanol–water partition coefficient (Wildman–Crippen LogP) is 3.56. The second-order valence-electron chi connectivity index (χ2n) is 6.26. The van der Waals surface area contributed by atoms with Gasteiger partial charge in [0.25, 0.3) is 5.91 Å². The molecule has 30 heavy (non-hydrogen) atoms. The van der Waals surface area contributed by atoms with Crippen LogP contribution in [0.25, 0.3) is 17.0 Å². The van der Waals surface area contributed by atoms with Crippen LogP contribution in [0.4, 0.5) is 0 Å². The second-order valence-corrected chi connectivity index (χ2v) is 6.26. The van der Waals surface area contributed by atoms with Crippen molar-refractivity contribution in [2.24, 2.45) is 0 Å². The summed E-state index contributed by atoms with van der Waals surface area (Å²) in [5.41, 5.74) is 0.200. The lowest BCUT2D eigenvalue weighted by Gasteiger charge is -2.05. The van der Waals surface area contributed by atoms with Gasteiger partial charge in [-0.3, -0.25) is 4.79 Å². The van der Waals surface area contributed by atoms with E-state index in [0.717, 1.165) is 11.3 Å². The van der Waals surface area contributed by atoms with E-state index in [4.69, 9.17) is 13.9 Å². The molecule has 1 amide bonds. The Kier molecular flexibility index (Phi) is 6.64. The first-order valence-corrected chi connectivity index (χ1v) is 9.49. The van der Waals surface area contributed by atoms with Crippen LogP contribution >= 0.6 is 0 Å². The number of ether oxygens (including phenoxy) is 2. The van der Waals surface area contributed by atoms with E-state index in [2.05, 4.69) is 5.32 Å². The average Bonchev–Trinajstić information content (AvgIpc) is 2.73. The Morgan fingerprint density at radius 3 is 2.47 bits per heavy atom. The first-order valence-electron chi connectivity index (χ1n) is 9.49. The number of hydrogen-bond acceptors (Lipinski definition) is 6. The largest absolute Gasteiger partial charge is 0.494 e. The standard InChI is InChI=1S/C23H21NO6/c1-3-24-22(26)19-13-16-8-11-18(14-20(16)30-23(19)27)29-21(25)12-7-15-5-9-17(10-6-15)28-4-2/h5-14H,3-4H2,1-2H3,(H,24,26)/b12-7+. The molecule has 1 N–H and O–H groups in total. The van der Waals surface area contributed by atoms with Crippen LogP contribution in [0.15, 0.2) is 63.8 Å². The van der Waals surface area contributed by atoms with Gasteiger partial charge in [-0.25, -0.2) is 9.59 Å². The molecule has 0 aliphatic carbocycles. The Hall–Kier alpha value is -3.87. The number of esters is 1. The third kappa shape index (κ3) is 5.14. The third-order valence-electron chi connectivity index (χ3n) is 4.11. The summed E-state index contributed by atoms with van der Waals surface area (Å²) in [5.74, 6) is -0.101. The number of benzene rings is 2. The molecular formula is C23H21NO6. The average molecular weight is 407 g/mol. The molecule has 1 heterocycles. The minimum absolute atomic E-state index is 0.0765. The van der Waals surface area contributed by atoms with Crippen molar-refractivity contribution < 1.29 is 23.5 Å². The fourth-order valence-corrected chi connectivity index (χ4v) is 2.73. The minimum Gasteiger partial charge on any atom is -0.494 e. The Bertz CT molecular complexity index is 1140. The molecule has 2 aromatic carbocycles. The zero-order valence-corrected chi connectivity index (χ0v) is 16.6. The van der Waals surface area contributed by atoms with E-state index in [0.29, 0.717) is 18.5 Å². The number of amides is 1. The van der Waals surface area contributed by atoms with E-state index in [9.17, 15) is 14.4 Å². The fourth-order valence-electron chi connectivity index (χ4n) is 2.73. The number of carbonyl (C=O) groups is 2. The van der Waals surface area contributed by atoms with Crippen LogP contribution in [-0.2, 0) is 4.79 Å². The lowest BCUT2D eigenvalue weighted by Crippen LogP contribution is -2.27. The fraction of sp³-hybridized carbons (Fsp3) is 0.174. The van der Waals surface area contributed by atoms with E-state index in [-0.39, 0.29) is 16.9 Å².